The third-order valence-corrected chi connectivity index (χ3v) is 4.39. The average molecular weight is 504 g/mol. The van der Waals surface area contributed by atoms with Crippen LogP contribution < -0.4 is 10.6 Å². The molecule has 2 amide bonds. The number of rotatable bonds is 9. The van der Waals surface area contributed by atoms with Crippen LogP contribution in [0.15, 0.2) is 0 Å². The fraction of sp³-hybridized carbons (Fsp3) is 0.650. The highest BCUT2D eigenvalue weighted by Gasteiger charge is 2.64. The highest BCUT2D eigenvalue weighted by atomic mass is 16.7. The molecule has 1 rings (SSSR count). The van der Waals surface area contributed by atoms with Gasteiger partial charge in [0.1, 0.15) is 19.3 Å². The van der Waals surface area contributed by atoms with Crippen LogP contribution in [0.1, 0.15) is 34.6 Å². The molecule has 2 N–H and O–H groups in total. The van der Waals surface area contributed by atoms with Crippen molar-refractivity contribution in [2.75, 3.05) is 20.3 Å². The zero-order valence-corrected chi connectivity index (χ0v) is 20.0. The zero-order valence-electron chi connectivity index (χ0n) is 20.0. The van der Waals surface area contributed by atoms with Crippen LogP contribution in [0.4, 0.5) is 0 Å². The van der Waals surface area contributed by atoms with E-state index in [0.29, 0.717) is 0 Å². The van der Waals surface area contributed by atoms with Crippen LogP contribution in [0.5, 0.6) is 0 Å². The fourth-order valence-corrected chi connectivity index (χ4v) is 3.26. The van der Waals surface area contributed by atoms with Crippen LogP contribution in [0.25, 0.3) is 0 Å². The van der Waals surface area contributed by atoms with Gasteiger partial charge in [0.2, 0.25) is 5.91 Å². The number of amides is 2. The van der Waals surface area contributed by atoms with Gasteiger partial charge in [-0.3, -0.25) is 33.6 Å². The molecule has 35 heavy (non-hydrogen) atoms. The number of hydrogen-bond donors (Lipinski definition) is 2. The van der Waals surface area contributed by atoms with Crippen molar-refractivity contribution in [2.24, 2.45) is 0 Å². The fourth-order valence-electron chi connectivity index (χ4n) is 3.26. The van der Waals surface area contributed by atoms with Crippen LogP contribution in [-0.4, -0.2) is 92.1 Å². The molecule has 0 unspecified atom stereocenters. The van der Waals surface area contributed by atoms with Gasteiger partial charge in [-0.15, -0.1) is 0 Å². The third-order valence-electron chi connectivity index (χ3n) is 4.39. The van der Waals surface area contributed by atoms with Gasteiger partial charge in [-0.25, -0.2) is 0 Å². The molecule has 1 fully saturated rings. The normalized spacial score (nSPS) is 25.3. The maximum absolute atomic E-state index is 13.3. The highest BCUT2D eigenvalue weighted by molar-refractivity contribution is 5.92. The first-order valence-electron chi connectivity index (χ1n) is 10.2. The summed E-state index contributed by atoms with van der Waals surface area (Å²) < 4.78 is 30.9. The molecule has 0 aromatic heterocycles. The van der Waals surface area contributed by atoms with Gasteiger partial charge in [-0.05, 0) is 0 Å². The van der Waals surface area contributed by atoms with E-state index in [0.717, 1.165) is 41.7 Å². The summed E-state index contributed by atoms with van der Waals surface area (Å²) in [7, 11) is 1.06. The van der Waals surface area contributed by atoms with Crippen molar-refractivity contribution in [1.82, 2.24) is 10.6 Å². The second-order valence-corrected chi connectivity index (χ2v) is 7.31. The van der Waals surface area contributed by atoms with Gasteiger partial charge in [0.05, 0.1) is 7.11 Å². The van der Waals surface area contributed by atoms with E-state index >= 15 is 0 Å². The van der Waals surface area contributed by atoms with Gasteiger partial charge in [-0.1, -0.05) is 0 Å². The Kier molecular flexibility index (Phi) is 10.6. The summed E-state index contributed by atoms with van der Waals surface area (Å²) in [6.07, 6.45) is -6.74. The minimum Gasteiger partial charge on any atom is -0.468 e. The van der Waals surface area contributed by atoms with Crippen LogP contribution in [0, 0.1) is 0 Å². The van der Waals surface area contributed by atoms with E-state index in [1.807, 2.05) is 0 Å². The summed E-state index contributed by atoms with van der Waals surface area (Å²) >= 11 is 0. The monoisotopic (exact) mass is 504 g/mol. The van der Waals surface area contributed by atoms with Crippen molar-refractivity contribution in [1.29, 1.82) is 0 Å². The lowest BCUT2D eigenvalue weighted by Crippen LogP contribution is -2.77. The minimum atomic E-state index is -2.63. The lowest BCUT2D eigenvalue weighted by atomic mass is 9.88. The van der Waals surface area contributed by atoms with Crippen molar-refractivity contribution in [3.05, 3.63) is 0 Å². The first-order valence-corrected chi connectivity index (χ1v) is 10.2. The molecule has 15 nitrogen and oxygen atoms in total. The molecule has 1 saturated heterocycles. The number of methoxy groups -OCH3 is 1. The van der Waals surface area contributed by atoms with Gasteiger partial charge in [0.25, 0.3) is 11.6 Å². The second-order valence-electron chi connectivity index (χ2n) is 7.31. The molecule has 5 atom stereocenters. The molecule has 0 saturated carbocycles. The van der Waals surface area contributed by atoms with E-state index in [4.69, 9.17) is 23.7 Å². The Hall–Kier alpha value is -3.75. The summed E-state index contributed by atoms with van der Waals surface area (Å²) in [4.78, 5) is 84.1. The number of carbonyl (C=O) groups is 7. The molecule has 0 aromatic rings. The van der Waals surface area contributed by atoms with E-state index in [1.165, 1.54) is 0 Å². The van der Waals surface area contributed by atoms with E-state index in [9.17, 15) is 33.6 Å². The van der Waals surface area contributed by atoms with Gasteiger partial charge < -0.3 is 39.1 Å². The predicted octanol–water partition coefficient (Wildman–Crippen LogP) is -2.13. The molecule has 196 valence electrons. The number of ether oxygens (including phenoxy) is 6. The molecule has 0 bridgehead atoms. The Morgan fingerprint density at radius 3 is 1.80 bits per heavy atom. The Morgan fingerprint density at radius 1 is 0.800 bits per heavy atom. The first kappa shape index (κ1) is 29.3. The molecule has 0 radical (unpaired) electrons. The average Bonchev–Trinajstić information content (AvgIpc) is 2.73. The summed E-state index contributed by atoms with van der Waals surface area (Å²) in [5, 5.41) is 4.38. The van der Waals surface area contributed by atoms with Crippen molar-refractivity contribution >= 4 is 41.7 Å². The molecule has 15 heteroatoms. The summed E-state index contributed by atoms with van der Waals surface area (Å²) in [6.45, 7) is 3.72. The molecule has 1 aliphatic heterocycles. The van der Waals surface area contributed by atoms with Crippen LogP contribution in [-0.2, 0) is 62.0 Å². The third kappa shape index (κ3) is 8.20. The standard InChI is InChI=1S/C20H28N2O13/c1-9(23)22-20(19(29)21-7-15(28)30-6)18(34-13(5)27)17(33-12(4)26)16(32-11(3)25)14(35-20)8-31-10(2)24/h14,16-18H,7-8H2,1-6H3,(H,21,29)(H,22,23)/t14-,16+,17+,18-,20+/m1/s1. The smallest absolute Gasteiger partial charge is 0.325 e. The lowest BCUT2D eigenvalue weighted by molar-refractivity contribution is -0.284. The molecular weight excluding hydrogens is 476 g/mol. The second kappa shape index (κ2) is 12.6. The van der Waals surface area contributed by atoms with Gasteiger partial charge in [0.15, 0.2) is 18.3 Å². The van der Waals surface area contributed by atoms with Crippen LogP contribution in [0.2, 0.25) is 0 Å². The van der Waals surface area contributed by atoms with E-state index in [1.54, 1.807) is 0 Å². The van der Waals surface area contributed by atoms with Crippen molar-refractivity contribution < 1.29 is 62.0 Å². The molecule has 1 aliphatic rings. The Labute approximate surface area is 200 Å². The SMILES string of the molecule is COC(=O)CNC(=O)[C@@]1(NC(C)=O)O[C@H](COC(C)=O)[C@H](OC(C)=O)[C@H](OC(C)=O)[C@H]1OC(C)=O. The van der Waals surface area contributed by atoms with Gasteiger partial charge in [0, 0.05) is 34.6 Å². The number of hydrogen-bond acceptors (Lipinski definition) is 13. The van der Waals surface area contributed by atoms with Crippen LogP contribution in [0.3, 0.4) is 0 Å². The number of nitrogens with one attached hydrogen (secondary N) is 2. The van der Waals surface area contributed by atoms with Gasteiger partial charge >= 0.3 is 29.8 Å². The van der Waals surface area contributed by atoms with E-state index < -0.39 is 85.0 Å². The van der Waals surface area contributed by atoms with Crippen molar-refractivity contribution in [2.45, 2.75) is 64.8 Å². The highest BCUT2D eigenvalue weighted by Crippen LogP contribution is 2.35. The zero-order chi connectivity index (χ0) is 26.9. The largest absolute Gasteiger partial charge is 0.468 e. The van der Waals surface area contributed by atoms with E-state index in [2.05, 4.69) is 15.4 Å². The molecule has 0 aliphatic carbocycles. The summed E-state index contributed by atoms with van der Waals surface area (Å²) in [6, 6.07) is 0. The summed E-state index contributed by atoms with van der Waals surface area (Å²) in [5.74, 6) is -6.55. The predicted molar refractivity (Wildman–Crippen MR) is 110 cm³/mol. The Morgan fingerprint density at radius 2 is 1.34 bits per heavy atom. The van der Waals surface area contributed by atoms with Crippen molar-refractivity contribution in [3.63, 3.8) is 0 Å². The van der Waals surface area contributed by atoms with Crippen LogP contribution >= 0.6 is 0 Å². The molecule has 0 spiro atoms. The lowest BCUT2D eigenvalue weighted by Gasteiger charge is -2.49. The Bertz CT molecular complexity index is 873. The first-order chi connectivity index (χ1) is 16.2. The minimum absolute atomic E-state index is 0.635. The molecule has 1 heterocycles. The Balaban J connectivity index is 3.75. The maximum atomic E-state index is 13.3. The van der Waals surface area contributed by atoms with Crippen molar-refractivity contribution in [3.8, 4) is 0 Å². The maximum Gasteiger partial charge on any atom is 0.325 e. The quantitative estimate of drug-likeness (QED) is 0.255. The molecule has 0 aromatic carbocycles. The number of carbonyl (C=O) groups excluding carboxylic acids is 7. The van der Waals surface area contributed by atoms with E-state index in [-0.39, 0.29) is 0 Å². The van der Waals surface area contributed by atoms with Gasteiger partial charge in [-0.2, -0.15) is 0 Å². The summed E-state index contributed by atoms with van der Waals surface area (Å²) in [5.41, 5.74) is -2.63. The molecular formula is C20H28N2O13. The number of esters is 5. The topological polar surface area (TPSA) is 199 Å².